The van der Waals surface area contributed by atoms with E-state index in [-0.39, 0.29) is 11.6 Å². The zero-order chi connectivity index (χ0) is 35.0. The van der Waals surface area contributed by atoms with Crippen molar-refractivity contribution in [3.8, 4) is 0 Å². The lowest BCUT2D eigenvalue weighted by molar-refractivity contribution is 0.0839. The molecule has 0 fully saturated rings. The van der Waals surface area contributed by atoms with Crippen LogP contribution in [0.15, 0.2) is 163 Å². The van der Waals surface area contributed by atoms with Crippen LogP contribution in [-0.2, 0) is 19.3 Å². The normalized spacial score (nSPS) is 13.7. The Hall–Kier alpha value is -5.82. The Labute approximate surface area is 311 Å². The van der Waals surface area contributed by atoms with Gasteiger partial charge in [-0.3, -0.25) is 9.59 Å². The number of hydrogen-bond acceptors (Lipinski definition) is 6. The highest BCUT2D eigenvalue weighted by Crippen LogP contribution is 2.43. The zero-order valence-corrected chi connectivity index (χ0v) is 29.9. The van der Waals surface area contributed by atoms with E-state index in [1.807, 2.05) is 60.7 Å². The second-order valence-corrected chi connectivity index (χ2v) is 15.5. The minimum atomic E-state index is -0.678. The number of fused-ring (bicyclic) bond motifs is 2. The van der Waals surface area contributed by atoms with Crippen molar-refractivity contribution in [2.75, 3.05) is 9.80 Å². The number of rotatable bonds is 9. The number of allylic oxidation sites excluding steroid dienone is 1. The summed E-state index contributed by atoms with van der Waals surface area (Å²) in [6, 6.07) is 54.0. The van der Waals surface area contributed by atoms with Crippen LogP contribution in [0.1, 0.15) is 41.6 Å². The van der Waals surface area contributed by atoms with E-state index in [1.54, 1.807) is 22.7 Å². The van der Waals surface area contributed by atoms with Crippen molar-refractivity contribution in [2.24, 2.45) is 5.92 Å². The monoisotopic (exact) mass is 710 g/mol. The molecule has 4 nitrogen and oxygen atoms in total. The molecule has 0 aliphatic heterocycles. The average molecular weight is 711 g/mol. The van der Waals surface area contributed by atoms with E-state index < -0.39 is 5.92 Å². The fourth-order valence-electron chi connectivity index (χ4n) is 7.41. The number of hydrogen-bond donors (Lipinski definition) is 0. The molecule has 2 aliphatic rings. The van der Waals surface area contributed by atoms with Gasteiger partial charge in [0.05, 0.1) is 5.92 Å². The van der Waals surface area contributed by atoms with Crippen molar-refractivity contribution in [1.82, 2.24) is 0 Å². The molecule has 2 aromatic heterocycles. The zero-order valence-electron chi connectivity index (χ0n) is 28.3. The van der Waals surface area contributed by atoms with E-state index in [0.29, 0.717) is 17.5 Å². The van der Waals surface area contributed by atoms with E-state index in [0.717, 1.165) is 61.6 Å². The summed E-state index contributed by atoms with van der Waals surface area (Å²) in [4.78, 5) is 34.4. The number of nitrogens with zero attached hydrogens (tertiary/aromatic N) is 2. The Bertz CT molecular complexity index is 2310. The first-order valence-corrected chi connectivity index (χ1v) is 19.1. The molecule has 0 unspecified atom stereocenters. The van der Waals surface area contributed by atoms with Crippen molar-refractivity contribution in [3.63, 3.8) is 0 Å². The van der Waals surface area contributed by atoms with Gasteiger partial charge in [-0.15, -0.1) is 22.7 Å². The Morgan fingerprint density at radius 1 is 0.519 bits per heavy atom. The highest BCUT2D eigenvalue weighted by Gasteiger charge is 2.40. The number of carbonyl (C=O) groups is 2. The van der Waals surface area contributed by atoms with Gasteiger partial charge in [0, 0.05) is 43.6 Å². The number of thiophene rings is 2. The molecule has 7 aromatic rings. The summed E-state index contributed by atoms with van der Waals surface area (Å²) < 4.78 is 0. The van der Waals surface area contributed by atoms with Gasteiger partial charge in [-0.05, 0) is 121 Å². The van der Waals surface area contributed by atoms with Crippen LogP contribution in [0.25, 0.3) is 6.08 Å². The molecule has 9 rings (SSSR count). The Morgan fingerprint density at radius 3 is 1.40 bits per heavy atom. The summed E-state index contributed by atoms with van der Waals surface area (Å²) in [5.41, 5.74) is 9.12. The van der Waals surface area contributed by atoms with Crippen LogP contribution >= 0.6 is 22.7 Å². The lowest BCUT2D eigenvalue weighted by Gasteiger charge is -2.23. The molecule has 0 atom stereocenters. The van der Waals surface area contributed by atoms with Gasteiger partial charge >= 0.3 is 0 Å². The van der Waals surface area contributed by atoms with E-state index in [9.17, 15) is 9.59 Å². The highest BCUT2D eigenvalue weighted by molar-refractivity contribution is 7.17. The molecule has 0 N–H and O–H groups in total. The van der Waals surface area contributed by atoms with Crippen molar-refractivity contribution in [2.45, 2.75) is 19.3 Å². The third kappa shape index (κ3) is 6.10. The smallest absolute Gasteiger partial charge is 0.174 e. The fraction of sp³-hybridized carbons (Fsp3) is 0.0870. The molecule has 52 heavy (non-hydrogen) atoms. The van der Waals surface area contributed by atoms with E-state index >= 15 is 0 Å². The van der Waals surface area contributed by atoms with Crippen molar-refractivity contribution in [3.05, 3.63) is 195 Å². The van der Waals surface area contributed by atoms with E-state index in [1.165, 1.54) is 10.5 Å². The molecule has 0 bridgehead atoms. The maximum atomic E-state index is 13.8. The van der Waals surface area contributed by atoms with Crippen LogP contribution in [0.5, 0.6) is 0 Å². The van der Waals surface area contributed by atoms with Crippen molar-refractivity contribution >= 4 is 73.1 Å². The maximum Gasteiger partial charge on any atom is 0.174 e. The van der Waals surface area contributed by atoms with Gasteiger partial charge in [0.1, 0.15) is 10.0 Å². The number of para-hydroxylation sites is 4. The quantitative estimate of drug-likeness (QED) is 0.140. The van der Waals surface area contributed by atoms with Gasteiger partial charge in [0.15, 0.2) is 11.6 Å². The topological polar surface area (TPSA) is 40.6 Å². The maximum absolute atomic E-state index is 13.8. The number of carbonyl (C=O) groups excluding carboxylic acids is 2. The molecule has 252 valence electrons. The Balaban J connectivity index is 0.927. The van der Waals surface area contributed by atoms with Gasteiger partial charge in [-0.1, -0.05) is 78.4 Å². The minimum absolute atomic E-state index is 0.0528. The first kappa shape index (κ1) is 32.1. The standard InChI is InChI=1S/C46H34N2O2S2/c49-45-40-28-32-25-31(27-38-21-23-43(51-38)47(34-13-5-1-6-14-34)35-15-7-2-8-16-35)26-33(32)29-41(40)46(50)42(45)30-39-22-24-44(52-39)48(36-17-9-3-10-18-36)37-19-11-4-12-20-37/h1-24,27-29,42H,25-26,30H2. The van der Waals surface area contributed by atoms with Gasteiger partial charge in [0.2, 0.25) is 0 Å². The Kier molecular flexibility index (Phi) is 8.47. The summed E-state index contributed by atoms with van der Waals surface area (Å²) in [6.45, 7) is 0. The highest BCUT2D eigenvalue weighted by atomic mass is 32.1. The molecule has 2 aliphatic carbocycles. The van der Waals surface area contributed by atoms with Gasteiger partial charge < -0.3 is 9.80 Å². The molecule has 0 amide bonds. The van der Waals surface area contributed by atoms with Crippen LogP contribution in [0, 0.1) is 5.92 Å². The molecule has 2 heterocycles. The summed E-state index contributed by atoms with van der Waals surface area (Å²) in [6.07, 6.45) is 4.26. The SMILES string of the molecule is O=C1c2cc3c(cc2C(=O)C1Cc1ccc(N(c2ccccc2)c2ccccc2)s1)CC(=Cc1ccc(N(c2ccccc2)c2ccccc2)s1)C3. The predicted molar refractivity (Wildman–Crippen MR) is 216 cm³/mol. The van der Waals surface area contributed by atoms with Crippen LogP contribution < -0.4 is 9.80 Å². The third-order valence-corrected chi connectivity index (χ3v) is 12.0. The molecule has 0 spiro atoms. The third-order valence-electron chi connectivity index (χ3n) is 9.85. The second kappa shape index (κ2) is 13.7. The molecular formula is C46H34N2O2S2. The van der Waals surface area contributed by atoms with Crippen LogP contribution in [0.3, 0.4) is 0 Å². The van der Waals surface area contributed by atoms with Crippen LogP contribution in [0.2, 0.25) is 0 Å². The fourth-order valence-corrected chi connectivity index (χ4v) is 9.55. The van der Waals surface area contributed by atoms with Gasteiger partial charge in [-0.2, -0.15) is 0 Å². The first-order valence-electron chi connectivity index (χ1n) is 17.5. The molecule has 5 aromatic carbocycles. The number of benzene rings is 5. The van der Waals surface area contributed by atoms with Crippen molar-refractivity contribution in [1.29, 1.82) is 0 Å². The summed E-state index contributed by atoms with van der Waals surface area (Å²) in [5, 5.41) is 2.19. The predicted octanol–water partition coefficient (Wildman–Crippen LogP) is 12.2. The van der Waals surface area contributed by atoms with Crippen LogP contribution in [0.4, 0.5) is 32.8 Å². The first-order chi connectivity index (χ1) is 25.6. The lowest BCUT2D eigenvalue weighted by Crippen LogP contribution is -2.17. The Morgan fingerprint density at radius 2 is 0.942 bits per heavy atom. The molecular weight excluding hydrogens is 677 g/mol. The van der Waals surface area contributed by atoms with E-state index in [2.05, 4.69) is 113 Å². The van der Waals surface area contributed by atoms with Gasteiger partial charge in [0.25, 0.3) is 0 Å². The number of anilines is 6. The van der Waals surface area contributed by atoms with E-state index in [4.69, 9.17) is 0 Å². The molecule has 6 heteroatoms. The minimum Gasteiger partial charge on any atom is -0.302 e. The second-order valence-electron chi connectivity index (χ2n) is 13.2. The molecule has 0 saturated carbocycles. The molecule has 0 radical (unpaired) electrons. The molecule has 0 saturated heterocycles. The average Bonchev–Trinajstić information content (AvgIpc) is 3.98. The largest absolute Gasteiger partial charge is 0.302 e. The van der Waals surface area contributed by atoms with Crippen molar-refractivity contribution < 1.29 is 9.59 Å². The summed E-state index contributed by atoms with van der Waals surface area (Å²) in [7, 11) is 0. The summed E-state index contributed by atoms with van der Waals surface area (Å²) in [5.74, 6) is -0.784. The lowest BCUT2D eigenvalue weighted by atomic mass is 9.99. The van der Waals surface area contributed by atoms with Crippen LogP contribution in [-0.4, -0.2) is 11.6 Å². The van der Waals surface area contributed by atoms with Gasteiger partial charge in [-0.25, -0.2) is 0 Å². The number of ketones is 2. The summed E-state index contributed by atoms with van der Waals surface area (Å²) >= 11 is 3.40. The number of Topliss-reactive ketones (excluding diaryl/α,β-unsaturated/α-hetero) is 2.